The first-order valence-electron chi connectivity index (χ1n) is 10.3. The molecule has 0 radical (unpaired) electrons. The number of rotatable bonds is 12. The minimum Gasteiger partial charge on any atom is -0.459 e. The molecule has 0 heterocycles. The predicted octanol–water partition coefficient (Wildman–Crippen LogP) is 3.30. The van der Waals surface area contributed by atoms with E-state index in [9.17, 15) is 9.59 Å². The topological polar surface area (TPSA) is 79.5 Å². The Morgan fingerprint density at radius 2 is 1.72 bits per heavy atom. The van der Waals surface area contributed by atoms with Crippen LogP contribution in [0.5, 0.6) is 0 Å². The molecule has 0 spiro atoms. The zero-order chi connectivity index (χ0) is 21.6. The summed E-state index contributed by atoms with van der Waals surface area (Å²) >= 11 is 5.20. The van der Waals surface area contributed by atoms with E-state index in [1.54, 1.807) is 0 Å². The number of esters is 1. The standard InChI is InChI=1S/C22H35N3O3S/c1-16(2)14-20(26)25-19(12-8-9-13-23-22(29)24-17(3)4)21(27)28-15-18-10-6-5-7-11-18/h5-7,10-11,16-17,19H,8-9,12-15H2,1-4H3,(H,25,26)(H2,23,24,29). The van der Waals surface area contributed by atoms with Gasteiger partial charge in [0.05, 0.1) is 0 Å². The van der Waals surface area contributed by atoms with Crippen molar-refractivity contribution in [2.24, 2.45) is 5.92 Å². The number of nitrogens with one attached hydrogen (secondary N) is 3. The largest absolute Gasteiger partial charge is 0.459 e. The quantitative estimate of drug-likeness (QED) is 0.273. The third-order valence-electron chi connectivity index (χ3n) is 4.06. The number of amides is 1. The molecule has 1 unspecified atom stereocenters. The summed E-state index contributed by atoms with van der Waals surface area (Å²) in [6.07, 6.45) is 2.52. The van der Waals surface area contributed by atoms with Gasteiger partial charge in [-0.2, -0.15) is 0 Å². The number of thiocarbonyl (C=S) groups is 1. The molecule has 0 aliphatic heterocycles. The van der Waals surface area contributed by atoms with Gasteiger partial charge >= 0.3 is 5.97 Å². The van der Waals surface area contributed by atoms with Crippen LogP contribution >= 0.6 is 12.2 Å². The van der Waals surface area contributed by atoms with Gasteiger partial charge in [-0.3, -0.25) is 4.79 Å². The van der Waals surface area contributed by atoms with E-state index < -0.39 is 12.0 Å². The molecule has 0 aliphatic carbocycles. The normalized spacial score (nSPS) is 11.8. The Kier molecular flexibility index (Phi) is 12.0. The van der Waals surface area contributed by atoms with Crippen molar-refractivity contribution in [2.45, 2.75) is 72.1 Å². The molecule has 0 saturated carbocycles. The molecule has 7 heteroatoms. The molecule has 162 valence electrons. The Morgan fingerprint density at radius 1 is 1.03 bits per heavy atom. The second-order valence-electron chi connectivity index (χ2n) is 7.86. The van der Waals surface area contributed by atoms with Crippen molar-refractivity contribution in [3.05, 3.63) is 35.9 Å². The summed E-state index contributed by atoms with van der Waals surface area (Å²) in [5, 5.41) is 9.74. The van der Waals surface area contributed by atoms with Crippen LogP contribution in [0.3, 0.4) is 0 Å². The van der Waals surface area contributed by atoms with Crippen LogP contribution in [0.2, 0.25) is 0 Å². The van der Waals surface area contributed by atoms with E-state index >= 15 is 0 Å². The van der Waals surface area contributed by atoms with Crippen molar-refractivity contribution in [1.82, 2.24) is 16.0 Å². The fourth-order valence-corrected chi connectivity index (χ4v) is 3.03. The first kappa shape index (κ1) is 24.9. The van der Waals surface area contributed by atoms with Crippen LogP contribution in [0.4, 0.5) is 0 Å². The monoisotopic (exact) mass is 421 g/mol. The van der Waals surface area contributed by atoms with Crippen molar-refractivity contribution in [1.29, 1.82) is 0 Å². The van der Waals surface area contributed by atoms with E-state index in [4.69, 9.17) is 17.0 Å². The van der Waals surface area contributed by atoms with Gasteiger partial charge in [-0.15, -0.1) is 0 Å². The summed E-state index contributed by atoms with van der Waals surface area (Å²) in [6, 6.07) is 9.17. The van der Waals surface area contributed by atoms with E-state index in [1.165, 1.54) is 0 Å². The molecule has 1 atom stereocenters. The summed E-state index contributed by atoms with van der Waals surface area (Å²) in [4.78, 5) is 24.7. The van der Waals surface area contributed by atoms with Gasteiger partial charge in [0, 0.05) is 19.0 Å². The van der Waals surface area contributed by atoms with E-state index in [-0.39, 0.29) is 24.5 Å². The maximum absolute atomic E-state index is 12.5. The van der Waals surface area contributed by atoms with Gasteiger partial charge in [-0.1, -0.05) is 44.2 Å². The Balaban J connectivity index is 2.48. The van der Waals surface area contributed by atoms with Crippen LogP contribution in [0.25, 0.3) is 0 Å². The average Bonchev–Trinajstić information content (AvgIpc) is 2.64. The van der Waals surface area contributed by atoms with Gasteiger partial charge in [-0.25, -0.2) is 4.79 Å². The summed E-state index contributed by atoms with van der Waals surface area (Å²) in [6.45, 7) is 8.92. The van der Waals surface area contributed by atoms with Crippen LogP contribution in [0.15, 0.2) is 30.3 Å². The molecule has 1 amide bonds. The van der Waals surface area contributed by atoms with Gasteiger partial charge in [0.2, 0.25) is 5.91 Å². The highest BCUT2D eigenvalue weighted by atomic mass is 32.1. The van der Waals surface area contributed by atoms with Gasteiger partial charge in [0.15, 0.2) is 5.11 Å². The number of benzene rings is 1. The molecule has 0 saturated heterocycles. The second kappa shape index (κ2) is 13.9. The molecule has 3 N–H and O–H groups in total. The smallest absolute Gasteiger partial charge is 0.328 e. The van der Waals surface area contributed by atoms with Crippen LogP contribution in [-0.2, 0) is 20.9 Å². The molecule has 1 aromatic rings. The highest BCUT2D eigenvalue weighted by molar-refractivity contribution is 7.80. The molecule has 0 fully saturated rings. The Morgan fingerprint density at radius 3 is 2.34 bits per heavy atom. The lowest BCUT2D eigenvalue weighted by Gasteiger charge is -2.19. The highest BCUT2D eigenvalue weighted by Gasteiger charge is 2.22. The molecule has 29 heavy (non-hydrogen) atoms. The number of carbonyl (C=O) groups is 2. The second-order valence-corrected chi connectivity index (χ2v) is 8.27. The third kappa shape index (κ3) is 12.1. The number of unbranched alkanes of at least 4 members (excludes halogenated alkanes) is 1. The lowest BCUT2D eigenvalue weighted by atomic mass is 10.1. The Hall–Kier alpha value is -2.15. The summed E-state index contributed by atoms with van der Waals surface area (Å²) in [7, 11) is 0. The number of ether oxygens (including phenoxy) is 1. The minimum absolute atomic E-state index is 0.123. The van der Waals surface area contributed by atoms with Gasteiger partial charge in [-0.05, 0) is 56.8 Å². The zero-order valence-electron chi connectivity index (χ0n) is 18.0. The average molecular weight is 422 g/mol. The molecule has 1 aromatic carbocycles. The van der Waals surface area contributed by atoms with Gasteiger partial charge in [0.1, 0.15) is 12.6 Å². The molecule has 0 aromatic heterocycles. The molecule has 0 bridgehead atoms. The SMILES string of the molecule is CC(C)CC(=O)NC(CCCCNC(=S)NC(C)C)C(=O)OCc1ccccc1. The van der Waals surface area contributed by atoms with E-state index in [0.717, 1.165) is 18.4 Å². The zero-order valence-corrected chi connectivity index (χ0v) is 18.8. The van der Waals surface area contributed by atoms with Crippen molar-refractivity contribution in [2.75, 3.05) is 6.54 Å². The van der Waals surface area contributed by atoms with E-state index in [0.29, 0.717) is 24.5 Å². The van der Waals surface area contributed by atoms with E-state index in [1.807, 2.05) is 58.0 Å². The number of hydrogen-bond donors (Lipinski definition) is 3. The number of hydrogen-bond acceptors (Lipinski definition) is 4. The Labute approximate surface area is 180 Å². The van der Waals surface area contributed by atoms with E-state index in [2.05, 4.69) is 16.0 Å². The highest BCUT2D eigenvalue weighted by Crippen LogP contribution is 2.08. The van der Waals surface area contributed by atoms with Crippen molar-refractivity contribution in [3.8, 4) is 0 Å². The summed E-state index contributed by atoms with van der Waals surface area (Å²) in [5.41, 5.74) is 0.920. The fraction of sp³-hybridized carbons (Fsp3) is 0.591. The lowest BCUT2D eigenvalue weighted by Crippen LogP contribution is -2.42. The van der Waals surface area contributed by atoms with Crippen LogP contribution < -0.4 is 16.0 Å². The first-order chi connectivity index (χ1) is 13.8. The van der Waals surface area contributed by atoms with Crippen LogP contribution in [0.1, 0.15) is 58.9 Å². The van der Waals surface area contributed by atoms with Crippen molar-refractivity contribution >= 4 is 29.2 Å². The van der Waals surface area contributed by atoms with Crippen LogP contribution in [-0.4, -0.2) is 35.6 Å². The summed E-state index contributed by atoms with van der Waals surface area (Å²) < 4.78 is 5.44. The third-order valence-corrected chi connectivity index (χ3v) is 4.32. The van der Waals surface area contributed by atoms with Crippen molar-refractivity contribution < 1.29 is 14.3 Å². The molecular formula is C22H35N3O3S. The maximum atomic E-state index is 12.5. The predicted molar refractivity (Wildman–Crippen MR) is 120 cm³/mol. The lowest BCUT2D eigenvalue weighted by molar-refractivity contribution is -0.149. The van der Waals surface area contributed by atoms with Gasteiger partial charge < -0.3 is 20.7 Å². The minimum atomic E-state index is -0.634. The maximum Gasteiger partial charge on any atom is 0.328 e. The van der Waals surface area contributed by atoms with Gasteiger partial charge in [0.25, 0.3) is 0 Å². The molecule has 0 aliphatic rings. The molecule has 6 nitrogen and oxygen atoms in total. The number of carbonyl (C=O) groups excluding carboxylic acids is 2. The van der Waals surface area contributed by atoms with Crippen molar-refractivity contribution in [3.63, 3.8) is 0 Å². The summed E-state index contributed by atoms with van der Waals surface area (Å²) in [5.74, 6) is -0.285. The van der Waals surface area contributed by atoms with Crippen LogP contribution in [0, 0.1) is 5.92 Å². The Bertz CT molecular complexity index is 635. The fourth-order valence-electron chi connectivity index (χ4n) is 2.69. The molecule has 1 rings (SSSR count). The molecular weight excluding hydrogens is 386 g/mol. The first-order valence-corrected chi connectivity index (χ1v) is 10.7.